The van der Waals surface area contributed by atoms with Gasteiger partial charge in [-0.25, -0.2) is 4.39 Å². The molecule has 3 aromatic rings. The van der Waals surface area contributed by atoms with Crippen LogP contribution >= 0.6 is 11.3 Å². The van der Waals surface area contributed by atoms with Crippen LogP contribution in [-0.2, 0) is 16.0 Å². The minimum absolute atomic E-state index is 0.363. The van der Waals surface area contributed by atoms with Crippen molar-refractivity contribution in [1.82, 2.24) is 0 Å². The quantitative estimate of drug-likeness (QED) is 0.624. The van der Waals surface area contributed by atoms with Crippen LogP contribution in [0.2, 0.25) is 0 Å². The summed E-state index contributed by atoms with van der Waals surface area (Å²) in [5, 5.41) is 30.4. The number of halogens is 1. The van der Waals surface area contributed by atoms with E-state index in [1.54, 1.807) is 17.4 Å². The molecule has 1 aromatic heterocycles. The fraction of sp³-hybridized carbons (Fsp3) is 0.286. The molecule has 4 rings (SSSR count). The molecule has 0 amide bonds. The molecule has 28 heavy (non-hydrogen) atoms. The Balaban J connectivity index is 1.64. The first-order valence-corrected chi connectivity index (χ1v) is 9.71. The van der Waals surface area contributed by atoms with Crippen LogP contribution in [0.15, 0.2) is 48.5 Å². The van der Waals surface area contributed by atoms with Gasteiger partial charge in [0.1, 0.15) is 30.2 Å². The molecule has 1 saturated heterocycles. The summed E-state index contributed by atoms with van der Waals surface area (Å²) in [4.78, 5) is 13.0. The molecule has 1 fully saturated rings. The maximum Gasteiger partial charge on any atom is 0.195 e. The molecule has 0 bridgehead atoms. The highest BCUT2D eigenvalue weighted by Gasteiger charge is 2.43. The summed E-state index contributed by atoms with van der Waals surface area (Å²) in [5.41, 5.74) is 0.836. The Hall–Kier alpha value is -2.16. The van der Waals surface area contributed by atoms with Gasteiger partial charge in [0.05, 0.1) is 6.61 Å². The first kappa shape index (κ1) is 19.2. The van der Waals surface area contributed by atoms with Gasteiger partial charge in [-0.3, -0.25) is 4.79 Å². The summed E-state index contributed by atoms with van der Waals surface area (Å²) in [6.45, 7) is -0.564. The van der Waals surface area contributed by atoms with Crippen molar-refractivity contribution < 1.29 is 29.2 Å². The van der Waals surface area contributed by atoms with Gasteiger partial charge in [-0.15, -0.1) is 11.3 Å². The molecule has 0 saturated carbocycles. The smallest absolute Gasteiger partial charge is 0.195 e. The maximum absolute atomic E-state index is 14.4. The number of ketones is 1. The minimum Gasteiger partial charge on any atom is -0.394 e. The lowest BCUT2D eigenvalue weighted by Gasteiger charge is -2.35. The van der Waals surface area contributed by atoms with Gasteiger partial charge >= 0.3 is 0 Å². The van der Waals surface area contributed by atoms with E-state index in [9.17, 15) is 24.5 Å². The molecule has 2 aromatic carbocycles. The molecule has 0 radical (unpaired) electrons. The number of benzene rings is 2. The Morgan fingerprint density at radius 1 is 1.07 bits per heavy atom. The van der Waals surface area contributed by atoms with E-state index in [4.69, 9.17) is 4.74 Å². The van der Waals surface area contributed by atoms with E-state index < -0.39 is 42.6 Å². The number of aliphatic hydroxyl groups excluding tert-OH is 3. The third-order valence-corrected chi connectivity index (χ3v) is 6.08. The number of Topliss-reactive ketones (excluding diaryl/α,β-unsaturated/α-hetero) is 1. The van der Waals surface area contributed by atoms with Crippen molar-refractivity contribution in [2.75, 3.05) is 6.61 Å². The van der Waals surface area contributed by atoms with Crippen molar-refractivity contribution in [1.29, 1.82) is 0 Å². The SMILES string of the molecule is O=C1C(O)[C@@H](CO)O[C@@H](c2ccc(F)c(Cc3cc4ccccc4s3)c2)C1O. The molecule has 0 spiro atoms. The van der Waals surface area contributed by atoms with Crippen LogP contribution in [0.25, 0.3) is 10.1 Å². The Kier molecular flexibility index (Phi) is 5.27. The maximum atomic E-state index is 14.4. The lowest BCUT2D eigenvalue weighted by Crippen LogP contribution is -2.52. The van der Waals surface area contributed by atoms with Crippen LogP contribution in [0.5, 0.6) is 0 Å². The van der Waals surface area contributed by atoms with Crippen LogP contribution in [0.1, 0.15) is 22.1 Å². The number of ether oxygens (including phenoxy) is 1. The van der Waals surface area contributed by atoms with Gasteiger partial charge in [-0.05, 0) is 40.8 Å². The van der Waals surface area contributed by atoms with Crippen LogP contribution in [0.4, 0.5) is 4.39 Å². The van der Waals surface area contributed by atoms with Crippen molar-refractivity contribution in [2.24, 2.45) is 0 Å². The number of carbonyl (C=O) groups excluding carboxylic acids is 1. The zero-order valence-corrected chi connectivity index (χ0v) is 15.6. The first-order chi connectivity index (χ1) is 13.5. The Labute approximate surface area is 164 Å². The van der Waals surface area contributed by atoms with E-state index >= 15 is 0 Å². The fourth-order valence-electron chi connectivity index (χ4n) is 3.47. The van der Waals surface area contributed by atoms with Crippen LogP contribution in [-0.4, -0.2) is 46.0 Å². The van der Waals surface area contributed by atoms with E-state index in [0.717, 1.165) is 15.0 Å². The van der Waals surface area contributed by atoms with Crippen molar-refractivity contribution in [3.05, 3.63) is 70.4 Å². The molecule has 3 N–H and O–H groups in total. The molecule has 7 heteroatoms. The molecular weight excluding hydrogens is 383 g/mol. The van der Waals surface area contributed by atoms with Gasteiger partial charge in [0.2, 0.25) is 0 Å². The van der Waals surface area contributed by atoms with Gasteiger partial charge in [-0.2, -0.15) is 0 Å². The zero-order chi connectivity index (χ0) is 19.8. The fourth-order valence-corrected chi connectivity index (χ4v) is 4.55. The predicted molar refractivity (Wildman–Crippen MR) is 103 cm³/mol. The third kappa shape index (κ3) is 3.47. The van der Waals surface area contributed by atoms with Gasteiger partial charge in [-0.1, -0.05) is 24.3 Å². The summed E-state index contributed by atoms with van der Waals surface area (Å²) in [6.07, 6.45) is -5.01. The van der Waals surface area contributed by atoms with E-state index in [2.05, 4.69) is 0 Å². The topological polar surface area (TPSA) is 87.0 Å². The van der Waals surface area contributed by atoms with Crippen molar-refractivity contribution in [3.63, 3.8) is 0 Å². The molecule has 2 unspecified atom stereocenters. The molecule has 1 aliphatic rings. The van der Waals surface area contributed by atoms with Gasteiger partial charge in [0.25, 0.3) is 0 Å². The van der Waals surface area contributed by atoms with Gasteiger partial charge < -0.3 is 20.1 Å². The molecule has 0 aliphatic carbocycles. The number of aliphatic hydroxyl groups is 3. The monoisotopic (exact) mass is 402 g/mol. The average Bonchev–Trinajstić information content (AvgIpc) is 3.11. The van der Waals surface area contributed by atoms with E-state index in [1.807, 2.05) is 30.3 Å². The Bertz CT molecular complexity index is 984. The Morgan fingerprint density at radius 3 is 2.61 bits per heavy atom. The van der Waals surface area contributed by atoms with Crippen molar-refractivity contribution in [3.8, 4) is 0 Å². The highest BCUT2D eigenvalue weighted by Crippen LogP contribution is 2.33. The van der Waals surface area contributed by atoms with Crippen LogP contribution in [0, 0.1) is 5.82 Å². The molecule has 1 aliphatic heterocycles. The number of hydrogen-bond donors (Lipinski definition) is 3. The standard InChI is InChI=1S/C21H19FO5S/c22-15-6-5-12(21-20(26)19(25)18(24)16(10-23)27-21)7-13(15)9-14-8-11-3-1-2-4-17(11)28-14/h1-8,16,18,20-21,23-24,26H,9-10H2/t16-,18?,20?,21+/m1/s1. The molecule has 146 valence electrons. The van der Waals surface area contributed by atoms with Gasteiger partial charge in [0.15, 0.2) is 5.78 Å². The first-order valence-electron chi connectivity index (χ1n) is 8.90. The molecule has 5 nitrogen and oxygen atoms in total. The van der Waals surface area contributed by atoms with Crippen molar-refractivity contribution in [2.45, 2.75) is 30.8 Å². The predicted octanol–water partition coefficient (Wildman–Crippen LogP) is 2.35. The summed E-state index contributed by atoms with van der Waals surface area (Å²) in [6, 6.07) is 14.2. The average molecular weight is 402 g/mol. The lowest BCUT2D eigenvalue weighted by atomic mass is 9.91. The van der Waals surface area contributed by atoms with Crippen LogP contribution < -0.4 is 0 Å². The van der Waals surface area contributed by atoms with Crippen molar-refractivity contribution >= 4 is 27.2 Å². The summed E-state index contributed by atoms with van der Waals surface area (Å²) in [5.74, 6) is -1.21. The van der Waals surface area contributed by atoms with E-state index in [-0.39, 0.29) is 0 Å². The number of fused-ring (bicyclic) bond motifs is 1. The second-order valence-corrected chi connectivity index (χ2v) is 8.02. The van der Waals surface area contributed by atoms with Crippen LogP contribution in [0.3, 0.4) is 0 Å². The number of carbonyl (C=O) groups is 1. The lowest BCUT2D eigenvalue weighted by molar-refractivity contribution is -0.189. The zero-order valence-electron chi connectivity index (χ0n) is 14.8. The number of hydrogen-bond acceptors (Lipinski definition) is 6. The minimum atomic E-state index is -1.59. The third-order valence-electron chi connectivity index (χ3n) is 4.96. The normalized spacial score (nSPS) is 25.4. The highest BCUT2D eigenvalue weighted by molar-refractivity contribution is 7.19. The summed E-state index contributed by atoms with van der Waals surface area (Å²) >= 11 is 1.58. The second-order valence-electron chi connectivity index (χ2n) is 6.85. The van der Waals surface area contributed by atoms with Gasteiger partial charge in [0, 0.05) is 16.0 Å². The largest absolute Gasteiger partial charge is 0.394 e. The summed E-state index contributed by atoms with van der Waals surface area (Å²) < 4.78 is 21.0. The van der Waals surface area contributed by atoms with E-state index in [0.29, 0.717) is 17.5 Å². The second kappa shape index (κ2) is 7.69. The molecule has 2 heterocycles. The molecule has 4 atom stereocenters. The number of rotatable bonds is 4. The number of thiophene rings is 1. The Morgan fingerprint density at radius 2 is 1.86 bits per heavy atom. The molecular formula is C21H19FO5S. The summed E-state index contributed by atoms with van der Waals surface area (Å²) in [7, 11) is 0. The highest BCUT2D eigenvalue weighted by atomic mass is 32.1. The van der Waals surface area contributed by atoms with E-state index in [1.165, 1.54) is 12.1 Å².